The van der Waals surface area contributed by atoms with Gasteiger partial charge in [0.15, 0.2) is 0 Å². The molecular weight excluding hydrogens is 267 g/mol. The van der Waals surface area contributed by atoms with Crippen LogP contribution in [-0.4, -0.2) is 21.2 Å². The molecule has 0 aliphatic carbocycles. The summed E-state index contributed by atoms with van der Waals surface area (Å²) in [7, 11) is 0. The van der Waals surface area contributed by atoms with Crippen LogP contribution in [-0.2, 0) is 0 Å². The van der Waals surface area contributed by atoms with Crippen LogP contribution in [0.15, 0.2) is 34.1 Å². The molecule has 2 heteroatoms. The van der Waals surface area contributed by atoms with Gasteiger partial charge in [-0.3, -0.25) is 0 Å². The van der Waals surface area contributed by atoms with Crippen LogP contribution < -0.4 is 0 Å². The summed E-state index contributed by atoms with van der Waals surface area (Å²) in [5.41, 5.74) is 1.33. The van der Waals surface area contributed by atoms with Crippen molar-refractivity contribution in [2.45, 2.75) is 25.1 Å². The van der Waals surface area contributed by atoms with Gasteiger partial charge in [0.1, 0.15) is 0 Å². The molecule has 0 atom stereocenters. The second-order valence-electron chi connectivity index (χ2n) is 3.28. The van der Waals surface area contributed by atoms with E-state index in [0.717, 1.165) is 0 Å². The Labute approximate surface area is 104 Å². The molecule has 1 aromatic rings. The Bertz CT molecular complexity index is 293. The minimum atomic E-state index is 0.672. The third-order valence-electron chi connectivity index (χ3n) is 2.03. The van der Waals surface area contributed by atoms with Crippen LogP contribution in [0, 0.1) is 0 Å². The van der Waals surface area contributed by atoms with Gasteiger partial charge in [0.25, 0.3) is 0 Å². The van der Waals surface area contributed by atoms with E-state index in [9.17, 15) is 0 Å². The van der Waals surface area contributed by atoms with Crippen LogP contribution >= 0.6 is 11.8 Å². The van der Waals surface area contributed by atoms with Crippen molar-refractivity contribution in [2.24, 2.45) is 0 Å². The molecule has 0 aliphatic rings. The molecule has 0 aromatic heterocycles. The third kappa shape index (κ3) is 5.46. The zero-order valence-corrected chi connectivity index (χ0v) is 11.9. The van der Waals surface area contributed by atoms with E-state index in [2.05, 4.69) is 49.6 Å². The fraction of sp³-hybridized carbons (Fsp3) is 0.385. The number of benzene rings is 1. The first-order valence-electron chi connectivity index (χ1n) is 5.30. The summed E-state index contributed by atoms with van der Waals surface area (Å²) in [4.78, 5) is 0. The molecule has 0 radical (unpaired) electrons. The van der Waals surface area contributed by atoms with E-state index in [1.54, 1.807) is 3.80 Å². The van der Waals surface area contributed by atoms with Gasteiger partial charge < -0.3 is 0 Å². The summed E-state index contributed by atoms with van der Waals surface area (Å²) in [6.45, 7) is 2.26. The first-order valence-corrected chi connectivity index (χ1v) is 8.59. The van der Waals surface area contributed by atoms with E-state index < -0.39 is 0 Å². The first-order chi connectivity index (χ1) is 7.36. The molecule has 1 rings (SSSR count). The second-order valence-corrected chi connectivity index (χ2v) is 7.10. The molecule has 0 N–H and O–H groups in total. The van der Waals surface area contributed by atoms with Gasteiger partial charge in [-0.2, -0.15) is 0 Å². The Morgan fingerprint density at radius 2 is 2.07 bits per heavy atom. The molecule has 0 spiro atoms. The van der Waals surface area contributed by atoms with Crippen molar-refractivity contribution in [2.75, 3.05) is 6.26 Å². The quantitative estimate of drug-likeness (QED) is 0.555. The zero-order chi connectivity index (χ0) is 10.9. The molecule has 0 saturated heterocycles. The molecular formula is C13H18SSe. The summed E-state index contributed by atoms with van der Waals surface area (Å²) in [6, 6.07) is 10.6. The van der Waals surface area contributed by atoms with E-state index in [0.29, 0.717) is 15.0 Å². The van der Waals surface area contributed by atoms with Gasteiger partial charge in [0.05, 0.1) is 0 Å². The molecule has 0 aliphatic heterocycles. The van der Waals surface area contributed by atoms with Crippen LogP contribution in [0.25, 0.3) is 6.08 Å². The van der Waals surface area contributed by atoms with E-state index in [-0.39, 0.29) is 0 Å². The molecule has 15 heavy (non-hydrogen) atoms. The van der Waals surface area contributed by atoms with Gasteiger partial charge in [0.2, 0.25) is 0 Å². The number of unbranched alkanes of at least 4 members (excludes halogenated alkanes) is 1. The summed E-state index contributed by atoms with van der Waals surface area (Å²) in [5, 5.41) is 1.38. The molecule has 0 nitrogen and oxygen atoms in total. The number of hydrogen-bond donors (Lipinski definition) is 0. The van der Waals surface area contributed by atoms with Gasteiger partial charge in [-0.25, -0.2) is 0 Å². The van der Waals surface area contributed by atoms with Gasteiger partial charge in [-0.05, 0) is 0 Å². The Balaban J connectivity index is 2.54. The summed E-state index contributed by atoms with van der Waals surface area (Å²) in [5.74, 6) is 0. The monoisotopic (exact) mass is 286 g/mol. The van der Waals surface area contributed by atoms with Crippen LogP contribution in [0.5, 0.6) is 0 Å². The number of thioether (sulfide) groups is 1. The Morgan fingerprint density at radius 3 is 2.67 bits per heavy atom. The van der Waals surface area contributed by atoms with Crippen LogP contribution in [0.1, 0.15) is 25.3 Å². The molecule has 0 fully saturated rings. The zero-order valence-electron chi connectivity index (χ0n) is 9.40. The van der Waals surface area contributed by atoms with E-state index >= 15 is 0 Å². The molecule has 0 saturated carbocycles. The molecule has 1 aromatic carbocycles. The van der Waals surface area contributed by atoms with Gasteiger partial charge in [0, 0.05) is 0 Å². The van der Waals surface area contributed by atoms with Crippen molar-refractivity contribution in [3.63, 3.8) is 0 Å². The number of hydrogen-bond acceptors (Lipinski definition) is 1. The standard InChI is InChI=1S/C13H18SSe/c1-3-4-10-15-13(14-2)11-12-8-6-5-7-9-12/h5-9,11H,3-4,10H2,1-2H3/b13-11+. The number of rotatable bonds is 6. The average molecular weight is 285 g/mol. The van der Waals surface area contributed by atoms with Crippen LogP contribution in [0.3, 0.4) is 0 Å². The maximum absolute atomic E-state index is 2.33. The maximum atomic E-state index is 2.33. The summed E-state index contributed by atoms with van der Waals surface area (Å²) >= 11 is 2.58. The van der Waals surface area contributed by atoms with Crippen molar-refractivity contribution in [3.8, 4) is 0 Å². The summed E-state index contributed by atoms with van der Waals surface area (Å²) < 4.78 is 1.56. The van der Waals surface area contributed by atoms with Crippen LogP contribution in [0.2, 0.25) is 5.32 Å². The molecule has 82 valence electrons. The minimum absolute atomic E-state index is 0.672. The topological polar surface area (TPSA) is 0 Å². The van der Waals surface area contributed by atoms with Crippen molar-refractivity contribution < 1.29 is 0 Å². The molecule has 0 heterocycles. The Kier molecular flexibility index (Phi) is 6.91. The third-order valence-corrected chi connectivity index (χ3v) is 6.09. The molecule has 0 bridgehead atoms. The van der Waals surface area contributed by atoms with Crippen LogP contribution in [0.4, 0.5) is 0 Å². The Morgan fingerprint density at radius 1 is 1.33 bits per heavy atom. The van der Waals surface area contributed by atoms with Gasteiger partial charge in [-0.1, -0.05) is 0 Å². The second kappa shape index (κ2) is 8.04. The van der Waals surface area contributed by atoms with Crippen molar-refractivity contribution in [1.29, 1.82) is 0 Å². The molecule has 0 unspecified atom stereocenters. The average Bonchev–Trinajstić information content (AvgIpc) is 2.29. The fourth-order valence-electron chi connectivity index (χ4n) is 1.16. The van der Waals surface area contributed by atoms with E-state index in [4.69, 9.17) is 0 Å². The van der Waals surface area contributed by atoms with Crippen molar-refractivity contribution >= 4 is 32.8 Å². The SMILES string of the molecule is CCCC[Se]/C(=C/c1ccccc1)SC. The molecule has 0 amide bonds. The van der Waals surface area contributed by atoms with Crippen molar-refractivity contribution in [1.82, 2.24) is 0 Å². The van der Waals surface area contributed by atoms with Gasteiger partial charge in [-0.15, -0.1) is 0 Å². The fourth-order valence-corrected chi connectivity index (χ4v) is 4.50. The summed E-state index contributed by atoms with van der Waals surface area (Å²) in [6.07, 6.45) is 7.20. The Hall–Kier alpha value is -0.171. The van der Waals surface area contributed by atoms with Crippen molar-refractivity contribution in [3.05, 3.63) is 39.7 Å². The van der Waals surface area contributed by atoms with E-state index in [1.165, 1.54) is 23.7 Å². The van der Waals surface area contributed by atoms with E-state index in [1.807, 2.05) is 11.8 Å². The normalized spacial score (nSPS) is 11.7. The predicted molar refractivity (Wildman–Crippen MR) is 73.4 cm³/mol. The van der Waals surface area contributed by atoms with Gasteiger partial charge >= 0.3 is 104 Å². The predicted octanol–water partition coefficient (Wildman–Crippen LogP) is 4.27. The first kappa shape index (κ1) is 12.9.